The van der Waals surface area contributed by atoms with Crippen LogP contribution in [0.4, 0.5) is 0 Å². The highest BCUT2D eigenvalue weighted by Gasteiger charge is 2.15. The van der Waals surface area contributed by atoms with Crippen LogP contribution in [0, 0.1) is 5.92 Å². The van der Waals surface area contributed by atoms with Crippen LogP contribution in [0.5, 0.6) is 0 Å². The fraction of sp³-hybridized carbons (Fsp3) is 0.462. The molecule has 1 aliphatic rings. The van der Waals surface area contributed by atoms with Gasteiger partial charge in [0.2, 0.25) is 0 Å². The van der Waals surface area contributed by atoms with Gasteiger partial charge in [0.1, 0.15) is 0 Å². The maximum absolute atomic E-state index is 10.6. The predicted octanol–water partition coefficient (Wildman–Crippen LogP) is 2.61. The monoisotopic (exact) mass is 236 g/mol. The fourth-order valence-corrected chi connectivity index (χ4v) is 3.40. The topological polar surface area (TPSA) is 37.3 Å². The molecule has 2 nitrogen and oxygen atoms in total. The number of rotatable bonds is 4. The zero-order valence-electron chi connectivity index (χ0n) is 9.19. The van der Waals surface area contributed by atoms with Crippen LogP contribution in [-0.2, 0) is 17.6 Å². The van der Waals surface area contributed by atoms with Crippen molar-refractivity contribution in [3.05, 3.63) is 35.4 Å². The minimum Gasteiger partial charge on any atom is -0.481 e. The molecule has 2 rings (SSSR count). The molecular weight excluding hydrogens is 220 g/mol. The maximum Gasteiger partial charge on any atom is 0.307 e. The van der Waals surface area contributed by atoms with E-state index in [9.17, 15) is 4.79 Å². The van der Waals surface area contributed by atoms with E-state index in [0.717, 1.165) is 17.9 Å². The van der Waals surface area contributed by atoms with Gasteiger partial charge in [-0.05, 0) is 41.4 Å². The number of hydrogen-bond acceptors (Lipinski definition) is 2. The summed E-state index contributed by atoms with van der Waals surface area (Å²) in [5.74, 6) is 2.56. The Kier molecular flexibility index (Phi) is 3.88. The second-order valence-electron chi connectivity index (χ2n) is 4.32. The van der Waals surface area contributed by atoms with Crippen molar-refractivity contribution in [1.29, 1.82) is 0 Å². The molecule has 1 aromatic rings. The summed E-state index contributed by atoms with van der Waals surface area (Å²) in [6.45, 7) is 0. The molecule has 0 amide bonds. The Bertz CT molecular complexity index is 370. The van der Waals surface area contributed by atoms with Crippen LogP contribution in [0.2, 0.25) is 0 Å². The lowest BCUT2D eigenvalue weighted by Crippen LogP contribution is -2.04. The Morgan fingerprint density at radius 3 is 2.94 bits per heavy atom. The number of carbonyl (C=O) groups is 1. The van der Waals surface area contributed by atoms with Crippen molar-refractivity contribution in [3.63, 3.8) is 0 Å². The van der Waals surface area contributed by atoms with Crippen LogP contribution < -0.4 is 0 Å². The molecule has 16 heavy (non-hydrogen) atoms. The quantitative estimate of drug-likeness (QED) is 0.873. The maximum atomic E-state index is 10.6. The van der Waals surface area contributed by atoms with E-state index in [4.69, 9.17) is 5.11 Å². The normalized spacial score (nSPS) is 19.9. The molecule has 0 bridgehead atoms. The summed E-state index contributed by atoms with van der Waals surface area (Å²) in [5, 5.41) is 8.74. The number of carboxylic acids is 1. The van der Waals surface area contributed by atoms with E-state index in [1.165, 1.54) is 23.5 Å². The van der Waals surface area contributed by atoms with E-state index in [1.54, 1.807) is 0 Å². The summed E-state index contributed by atoms with van der Waals surface area (Å²) in [5.41, 5.74) is 2.20. The van der Waals surface area contributed by atoms with Crippen molar-refractivity contribution in [2.24, 2.45) is 5.92 Å². The molecule has 3 heteroatoms. The number of thioether (sulfide) groups is 1. The van der Waals surface area contributed by atoms with Gasteiger partial charge in [0, 0.05) is 0 Å². The molecule has 1 aromatic carbocycles. The lowest BCUT2D eigenvalue weighted by Gasteiger charge is -2.09. The van der Waals surface area contributed by atoms with E-state index in [2.05, 4.69) is 6.07 Å². The van der Waals surface area contributed by atoms with Crippen molar-refractivity contribution in [2.75, 3.05) is 11.5 Å². The number of benzene rings is 1. The highest BCUT2D eigenvalue weighted by atomic mass is 32.2. The number of hydrogen-bond donors (Lipinski definition) is 1. The van der Waals surface area contributed by atoms with E-state index in [1.807, 2.05) is 30.0 Å². The third kappa shape index (κ3) is 3.27. The summed E-state index contributed by atoms with van der Waals surface area (Å²) in [6, 6.07) is 8.00. The largest absolute Gasteiger partial charge is 0.481 e. The van der Waals surface area contributed by atoms with Gasteiger partial charge in [-0.25, -0.2) is 0 Å². The van der Waals surface area contributed by atoms with Gasteiger partial charge in [0.25, 0.3) is 0 Å². The Balaban J connectivity index is 2.00. The molecule has 0 saturated carbocycles. The Labute approximate surface area is 100 Å². The lowest BCUT2D eigenvalue weighted by atomic mass is 9.97. The van der Waals surface area contributed by atoms with Gasteiger partial charge in [-0.3, -0.25) is 4.79 Å². The van der Waals surface area contributed by atoms with Crippen molar-refractivity contribution >= 4 is 17.7 Å². The van der Waals surface area contributed by atoms with Crippen molar-refractivity contribution in [1.82, 2.24) is 0 Å². The summed E-state index contributed by atoms with van der Waals surface area (Å²) >= 11 is 2.02. The molecule has 86 valence electrons. The molecule has 0 radical (unpaired) electrons. The molecule has 1 fully saturated rings. The third-order valence-electron chi connectivity index (χ3n) is 2.90. The van der Waals surface area contributed by atoms with Gasteiger partial charge < -0.3 is 5.11 Å². The highest BCUT2D eigenvalue weighted by molar-refractivity contribution is 7.99. The first-order valence-electron chi connectivity index (χ1n) is 5.61. The Hall–Kier alpha value is -0.960. The SMILES string of the molecule is O=C(O)Cc1cccc(CC2CCSC2)c1. The van der Waals surface area contributed by atoms with E-state index in [0.29, 0.717) is 0 Å². The van der Waals surface area contributed by atoms with Crippen LogP contribution in [0.1, 0.15) is 17.5 Å². The smallest absolute Gasteiger partial charge is 0.307 e. The Morgan fingerprint density at radius 2 is 2.25 bits per heavy atom. The van der Waals surface area contributed by atoms with Crippen LogP contribution in [-0.4, -0.2) is 22.6 Å². The highest BCUT2D eigenvalue weighted by Crippen LogP contribution is 2.26. The minimum atomic E-state index is -0.756. The second-order valence-corrected chi connectivity index (χ2v) is 5.47. The first-order chi connectivity index (χ1) is 7.74. The molecule has 1 aliphatic heterocycles. The average molecular weight is 236 g/mol. The number of carboxylic acid groups (broad SMARTS) is 1. The number of aliphatic carboxylic acids is 1. The molecule has 0 spiro atoms. The second kappa shape index (κ2) is 5.39. The molecular formula is C13H16O2S. The fourth-order valence-electron chi connectivity index (χ4n) is 2.12. The van der Waals surface area contributed by atoms with Crippen LogP contribution >= 0.6 is 11.8 Å². The molecule has 0 aromatic heterocycles. The lowest BCUT2D eigenvalue weighted by molar-refractivity contribution is -0.136. The average Bonchev–Trinajstić information content (AvgIpc) is 2.70. The minimum absolute atomic E-state index is 0.132. The van der Waals surface area contributed by atoms with Crippen molar-refractivity contribution < 1.29 is 9.90 Å². The first kappa shape index (κ1) is 11.5. The van der Waals surface area contributed by atoms with E-state index in [-0.39, 0.29) is 6.42 Å². The van der Waals surface area contributed by atoms with Crippen molar-refractivity contribution in [3.8, 4) is 0 Å². The van der Waals surface area contributed by atoms with Gasteiger partial charge in [-0.2, -0.15) is 11.8 Å². The summed E-state index contributed by atoms with van der Waals surface area (Å²) in [6.07, 6.45) is 2.53. The molecule has 1 N–H and O–H groups in total. The molecule has 1 heterocycles. The van der Waals surface area contributed by atoms with Crippen LogP contribution in [0.25, 0.3) is 0 Å². The summed E-state index contributed by atoms with van der Waals surface area (Å²) in [7, 11) is 0. The van der Waals surface area contributed by atoms with Crippen LogP contribution in [0.3, 0.4) is 0 Å². The first-order valence-corrected chi connectivity index (χ1v) is 6.77. The Morgan fingerprint density at radius 1 is 1.44 bits per heavy atom. The van der Waals surface area contributed by atoms with Gasteiger partial charge >= 0.3 is 5.97 Å². The van der Waals surface area contributed by atoms with Crippen molar-refractivity contribution in [2.45, 2.75) is 19.3 Å². The molecule has 0 aliphatic carbocycles. The third-order valence-corrected chi connectivity index (χ3v) is 4.13. The molecule has 1 saturated heterocycles. The summed E-state index contributed by atoms with van der Waals surface area (Å²) in [4.78, 5) is 10.6. The van der Waals surface area contributed by atoms with Gasteiger partial charge in [0.05, 0.1) is 6.42 Å². The standard InChI is InChI=1S/C13H16O2S/c14-13(15)8-11-3-1-2-10(6-11)7-12-4-5-16-9-12/h1-3,6,12H,4-5,7-9H2,(H,14,15). The predicted molar refractivity (Wildman–Crippen MR) is 66.9 cm³/mol. The molecule has 1 atom stereocenters. The zero-order chi connectivity index (χ0) is 11.4. The van der Waals surface area contributed by atoms with Gasteiger partial charge in [-0.1, -0.05) is 24.3 Å². The molecule has 1 unspecified atom stereocenters. The van der Waals surface area contributed by atoms with Crippen LogP contribution in [0.15, 0.2) is 24.3 Å². The van der Waals surface area contributed by atoms with E-state index < -0.39 is 5.97 Å². The summed E-state index contributed by atoms with van der Waals surface area (Å²) < 4.78 is 0. The van der Waals surface area contributed by atoms with Gasteiger partial charge in [-0.15, -0.1) is 0 Å². The zero-order valence-corrected chi connectivity index (χ0v) is 10.0. The van der Waals surface area contributed by atoms with E-state index >= 15 is 0 Å². The van der Waals surface area contributed by atoms with Gasteiger partial charge in [0.15, 0.2) is 0 Å².